The summed E-state index contributed by atoms with van der Waals surface area (Å²) in [6.45, 7) is 6.09. The third-order valence-electron chi connectivity index (χ3n) is 2.85. The van der Waals surface area contributed by atoms with Gasteiger partial charge in [-0.1, -0.05) is 20.8 Å². The van der Waals surface area contributed by atoms with Gasteiger partial charge in [0.1, 0.15) is 5.82 Å². The number of hydrogen-bond acceptors (Lipinski definition) is 3. The van der Waals surface area contributed by atoms with E-state index in [1.165, 1.54) is 12.1 Å². The molecule has 0 amide bonds. The summed E-state index contributed by atoms with van der Waals surface area (Å²) in [4.78, 5) is -0.219. The predicted molar refractivity (Wildman–Crippen MR) is 70.3 cm³/mol. The maximum Gasteiger partial charge on any atom is 0.238 e. The average molecular weight is 274 g/mol. The van der Waals surface area contributed by atoms with Crippen LogP contribution in [0.15, 0.2) is 23.1 Å². The van der Waals surface area contributed by atoms with Gasteiger partial charge in [-0.05, 0) is 30.5 Å². The van der Waals surface area contributed by atoms with Crippen molar-refractivity contribution in [2.24, 2.45) is 11.1 Å². The summed E-state index contributed by atoms with van der Waals surface area (Å²) < 4.78 is 35.9. The smallest absolute Gasteiger partial charge is 0.238 e. The first-order chi connectivity index (χ1) is 8.25. The van der Waals surface area contributed by atoms with Crippen LogP contribution in [0.4, 0.5) is 10.1 Å². The number of benzene rings is 1. The second-order valence-corrected chi connectivity index (χ2v) is 6.15. The Morgan fingerprint density at radius 1 is 1.39 bits per heavy atom. The van der Waals surface area contributed by atoms with E-state index in [-0.39, 0.29) is 10.9 Å². The van der Waals surface area contributed by atoms with Gasteiger partial charge in [-0.25, -0.2) is 17.9 Å². The van der Waals surface area contributed by atoms with Gasteiger partial charge in [0.15, 0.2) is 0 Å². The van der Waals surface area contributed by atoms with Crippen LogP contribution in [0.2, 0.25) is 0 Å². The van der Waals surface area contributed by atoms with E-state index in [0.29, 0.717) is 11.6 Å². The van der Waals surface area contributed by atoms with Crippen molar-refractivity contribution < 1.29 is 12.8 Å². The van der Waals surface area contributed by atoms with E-state index in [2.05, 4.69) is 5.32 Å². The summed E-state index contributed by atoms with van der Waals surface area (Å²) in [6.07, 6.45) is 0.855. The van der Waals surface area contributed by atoms with Gasteiger partial charge in [0, 0.05) is 6.04 Å². The lowest BCUT2D eigenvalue weighted by atomic mass is 10.0. The van der Waals surface area contributed by atoms with Crippen LogP contribution < -0.4 is 10.5 Å². The fourth-order valence-corrected chi connectivity index (χ4v) is 2.26. The number of rotatable bonds is 5. The van der Waals surface area contributed by atoms with E-state index < -0.39 is 15.8 Å². The summed E-state index contributed by atoms with van der Waals surface area (Å²) in [5.74, 6) is -0.257. The molecule has 0 saturated carbocycles. The molecule has 1 aromatic rings. The van der Waals surface area contributed by atoms with Gasteiger partial charge in [-0.3, -0.25) is 0 Å². The maximum atomic E-state index is 13.8. The number of sulfonamides is 1. The first-order valence-electron chi connectivity index (χ1n) is 5.84. The molecule has 0 heterocycles. The molecule has 4 nitrogen and oxygen atoms in total. The highest BCUT2D eigenvalue weighted by Crippen LogP contribution is 2.21. The van der Waals surface area contributed by atoms with Gasteiger partial charge in [0.25, 0.3) is 0 Å². The van der Waals surface area contributed by atoms with E-state index in [4.69, 9.17) is 5.14 Å². The van der Waals surface area contributed by atoms with E-state index >= 15 is 0 Å². The Hall–Kier alpha value is -1.14. The van der Waals surface area contributed by atoms with Gasteiger partial charge >= 0.3 is 0 Å². The van der Waals surface area contributed by atoms with Crippen molar-refractivity contribution in [2.75, 3.05) is 5.32 Å². The van der Waals surface area contributed by atoms with Crippen molar-refractivity contribution in [3.63, 3.8) is 0 Å². The van der Waals surface area contributed by atoms with Crippen molar-refractivity contribution >= 4 is 15.7 Å². The Kier molecular flexibility index (Phi) is 4.70. The minimum atomic E-state index is -3.86. The molecule has 3 N–H and O–H groups in total. The van der Waals surface area contributed by atoms with Crippen molar-refractivity contribution in [1.29, 1.82) is 0 Å². The standard InChI is InChI=1S/C12H19FN2O2S/c1-4-11(8(2)3)15-12-6-5-9(7-10(12)13)18(14,16)17/h5-8,11,15H,4H2,1-3H3,(H2,14,16,17). The lowest BCUT2D eigenvalue weighted by molar-refractivity contribution is 0.506. The molecule has 18 heavy (non-hydrogen) atoms. The number of nitrogens with two attached hydrogens (primary N) is 1. The first kappa shape index (κ1) is 14.9. The minimum absolute atomic E-state index is 0.139. The fourth-order valence-electron chi connectivity index (χ4n) is 1.73. The van der Waals surface area contributed by atoms with Crippen molar-refractivity contribution in [2.45, 2.75) is 38.1 Å². The molecular formula is C12H19FN2O2S. The van der Waals surface area contributed by atoms with Crippen LogP contribution in [-0.4, -0.2) is 14.5 Å². The summed E-state index contributed by atoms with van der Waals surface area (Å²) in [7, 11) is -3.86. The molecule has 0 aliphatic rings. The molecule has 6 heteroatoms. The quantitative estimate of drug-likeness (QED) is 0.865. The third-order valence-corrected chi connectivity index (χ3v) is 3.77. The zero-order chi connectivity index (χ0) is 13.9. The Labute approximate surface area is 107 Å². The topological polar surface area (TPSA) is 72.2 Å². The zero-order valence-electron chi connectivity index (χ0n) is 10.8. The van der Waals surface area contributed by atoms with Gasteiger partial charge in [-0.15, -0.1) is 0 Å². The minimum Gasteiger partial charge on any atom is -0.380 e. The molecule has 0 radical (unpaired) electrons. The molecule has 0 aliphatic heterocycles. The molecule has 0 saturated heterocycles. The highest BCUT2D eigenvalue weighted by molar-refractivity contribution is 7.89. The zero-order valence-corrected chi connectivity index (χ0v) is 11.6. The van der Waals surface area contributed by atoms with Gasteiger partial charge < -0.3 is 5.32 Å². The summed E-state index contributed by atoms with van der Waals surface area (Å²) in [6, 6.07) is 3.78. The lowest BCUT2D eigenvalue weighted by Gasteiger charge is -2.22. The molecule has 0 bridgehead atoms. The van der Waals surface area contributed by atoms with Crippen LogP contribution in [-0.2, 0) is 10.0 Å². The number of halogens is 1. The van der Waals surface area contributed by atoms with Gasteiger partial charge in [0.05, 0.1) is 10.6 Å². The maximum absolute atomic E-state index is 13.8. The molecule has 0 aromatic heterocycles. The normalized spacial score (nSPS) is 13.7. The first-order valence-corrected chi connectivity index (χ1v) is 7.39. The van der Waals surface area contributed by atoms with E-state index in [1.54, 1.807) is 0 Å². The lowest BCUT2D eigenvalue weighted by Crippen LogP contribution is -2.25. The predicted octanol–water partition coefficient (Wildman–Crippen LogP) is 2.32. The van der Waals surface area contributed by atoms with Crippen LogP contribution in [0.25, 0.3) is 0 Å². The average Bonchev–Trinajstić information content (AvgIpc) is 2.25. The molecule has 1 rings (SSSR count). The van der Waals surface area contributed by atoms with Crippen LogP contribution in [0.3, 0.4) is 0 Å². The third kappa shape index (κ3) is 3.68. The van der Waals surface area contributed by atoms with Gasteiger partial charge in [-0.2, -0.15) is 0 Å². The molecule has 0 aliphatic carbocycles. The summed E-state index contributed by atoms with van der Waals surface area (Å²) in [5, 5.41) is 8.00. The number of nitrogens with one attached hydrogen (secondary N) is 1. The van der Waals surface area contributed by atoms with Gasteiger partial charge in [0.2, 0.25) is 10.0 Å². The van der Waals surface area contributed by atoms with Crippen molar-refractivity contribution in [3.05, 3.63) is 24.0 Å². The number of hydrogen-bond donors (Lipinski definition) is 2. The van der Waals surface area contributed by atoms with Crippen LogP contribution in [0.5, 0.6) is 0 Å². The Morgan fingerprint density at radius 2 is 2.00 bits per heavy atom. The molecular weight excluding hydrogens is 255 g/mol. The molecule has 1 aromatic carbocycles. The number of anilines is 1. The second-order valence-electron chi connectivity index (χ2n) is 4.59. The molecule has 1 unspecified atom stereocenters. The van der Waals surface area contributed by atoms with E-state index in [9.17, 15) is 12.8 Å². The summed E-state index contributed by atoms with van der Waals surface area (Å²) >= 11 is 0. The molecule has 1 atom stereocenters. The fraction of sp³-hybridized carbons (Fsp3) is 0.500. The largest absolute Gasteiger partial charge is 0.380 e. The van der Waals surface area contributed by atoms with Crippen LogP contribution in [0.1, 0.15) is 27.2 Å². The highest BCUT2D eigenvalue weighted by atomic mass is 32.2. The van der Waals surface area contributed by atoms with Crippen molar-refractivity contribution in [1.82, 2.24) is 0 Å². The van der Waals surface area contributed by atoms with E-state index in [0.717, 1.165) is 12.5 Å². The summed E-state index contributed by atoms with van der Waals surface area (Å²) in [5.41, 5.74) is 0.294. The van der Waals surface area contributed by atoms with E-state index in [1.807, 2.05) is 20.8 Å². The Morgan fingerprint density at radius 3 is 2.39 bits per heavy atom. The molecule has 0 spiro atoms. The van der Waals surface area contributed by atoms with Crippen LogP contribution >= 0.6 is 0 Å². The molecule has 0 fully saturated rings. The van der Waals surface area contributed by atoms with Crippen LogP contribution in [0, 0.1) is 11.7 Å². The Balaban J connectivity index is 3.00. The Bertz CT molecular complexity index is 515. The highest BCUT2D eigenvalue weighted by Gasteiger charge is 2.15. The SMILES string of the molecule is CCC(Nc1ccc(S(N)(=O)=O)cc1F)C(C)C. The monoisotopic (exact) mass is 274 g/mol. The van der Waals surface area contributed by atoms with Crippen molar-refractivity contribution in [3.8, 4) is 0 Å². The second kappa shape index (κ2) is 5.67. The number of primary sulfonamides is 1. The molecule has 102 valence electrons.